The zero-order valence-electron chi connectivity index (χ0n) is 20.2. The molecule has 0 spiro atoms. The van der Waals surface area contributed by atoms with Gasteiger partial charge in [-0.05, 0) is 67.3 Å². The number of carbonyl (C=O) groups is 1. The second-order valence-electron chi connectivity index (χ2n) is 10.2. The number of pyridine rings is 2. The van der Waals surface area contributed by atoms with Gasteiger partial charge in [0, 0.05) is 24.2 Å². The number of aromatic nitrogens is 2. The highest BCUT2D eigenvalue weighted by molar-refractivity contribution is 6.12. The molecular formula is C27H31F2N5O2. The smallest absolute Gasteiger partial charge is 0.257 e. The number of carbonyl (C=O) groups excluding carboxylic acids is 1. The quantitative estimate of drug-likeness (QED) is 0.502. The summed E-state index contributed by atoms with van der Waals surface area (Å²) in [5.41, 5.74) is 8.89. The first-order chi connectivity index (χ1) is 17.3. The van der Waals surface area contributed by atoms with Gasteiger partial charge in [0.2, 0.25) is 0 Å². The Morgan fingerprint density at radius 3 is 2.83 bits per heavy atom. The number of amides is 1. The van der Waals surface area contributed by atoms with Crippen LogP contribution in [0, 0.1) is 11.7 Å². The molecule has 9 heteroatoms. The first-order valence-corrected chi connectivity index (χ1v) is 12.5. The van der Waals surface area contributed by atoms with E-state index in [0.717, 1.165) is 24.8 Å². The maximum absolute atomic E-state index is 14.8. The van der Waals surface area contributed by atoms with Crippen molar-refractivity contribution in [2.45, 2.75) is 56.8 Å². The Morgan fingerprint density at radius 1 is 1.22 bits per heavy atom. The third kappa shape index (κ3) is 4.90. The van der Waals surface area contributed by atoms with E-state index in [1.807, 2.05) is 6.07 Å². The lowest BCUT2D eigenvalue weighted by atomic mass is 9.76. The van der Waals surface area contributed by atoms with Gasteiger partial charge in [-0.3, -0.25) is 14.8 Å². The molecule has 3 heterocycles. The normalized spacial score (nSPS) is 26.7. The Balaban J connectivity index is 1.43. The van der Waals surface area contributed by atoms with Crippen molar-refractivity contribution < 1.29 is 18.7 Å². The van der Waals surface area contributed by atoms with E-state index in [2.05, 4.69) is 22.2 Å². The van der Waals surface area contributed by atoms with Crippen LogP contribution in [0.1, 0.15) is 54.4 Å². The first-order valence-electron chi connectivity index (χ1n) is 12.5. The second-order valence-corrected chi connectivity index (χ2v) is 10.2. The zero-order valence-corrected chi connectivity index (χ0v) is 20.2. The fraction of sp³-hybridized carbons (Fsp3) is 0.444. The maximum Gasteiger partial charge on any atom is 0.257 e. The number of nitrogens with one attached hydrogen (secondary N) is 1. The van der Waals surface area contributed by atoms with Crippen molar-refractivity contribution in [3.8, 4) is 0 Å². The van der Waals surface area contributed by atoms with Gasteiger partial charge in [0.25, 0.3) is 5.91 Å². The number of alkyl halides is 1. The van der Waals surface area contributed by atoms with Crippen molar-refractivity contribution in [2.75, 3.05) is 23.3 Å². The van der Waals surface area contributed by atoms with Crippen molar-refractivity contribution >= 4 is 28.2 Å². The molecule has 2 fully saturated rings. The molecule has 0 bridgehead atoms. The Kier molecular flexibility index (Phi) is 6.85. The van der Waals surface area contributed by atoms with Crippen molar-refractivity contribution in [3.05, 3.63) is 59.8 Å². The molecule has 5 atom stereocenters. The summed E-state index contributed by atoms with van der Waals surface area (Å²) in [4.78, 5) is 23.7. The van der Waals surface area contributed by atoms with E-state index >= 15 is 0 Å². The maximum atomic E-state index is 14.8. The van der Waals surface area contributed by atoms with Gasteiger partial charge < -0.3 is 21.1 Å². The number of anilines is 2. The molecule has 1 saturated carbocycles. The molecular weight excluding hydrogens is 464 g/mol. The Hall–Kier alpha value is -3.17. The number of rotatable bonds is 4. The van der Waals surface area contributed by atoms with Crippen LogP contribution in [0.15, 0.2) is 42.9 Å². The molecule has 36 heavy (non-hydrogen) atoms. The third-order valence-corrected chi connectivity index (χ3v) is 7.42. The highest BCUT2D eigenvalue weighted by atomic mass is 19.1. The molecule has 1 aromatic carbocycles. The fourth-order valence-corrected chi connectivity index (χ4v) is 5.62. The first kappa shape index (κ1) is 24.5. The molecule has 2 aliphatic rings. The number of hydrogen-bond acceptors (Lipinski definition) is 6. The van der Waals surface area contributed by atoms with Crippen molar-refractivity contribution in [1.29, 1.82) is 0 Å². The minimum Gasteiger partial charge on any atom is -0.390 e. The van der Waals surface area contributed by atoms with E-state index in [4.69, 9.17) is 5.73 Å². The van der Waals surface area contributed by atoms with Crippen LogP contribution in [0.5, 0.6) is 0 Å². The number of hydrogen-bond donors (Lipinski definition) is 3. The number of halogens is 2. The lowest BCUT2D eigenvalue weighted by Gasteiger charge is -2.33. The lowest BCUT2D eigenvalue weighted by molar-refractivity contribution is 0.0615. The molecule has 1 amide bonds. The summed E-state index contributed by atoms with van der Waals surface area (Å²) in [5.74, 6) is -0.217. The van der Waals surface area contributed by atoms with E-state index in [0.29, 0.717) is 23.8 Å². The van der Waals surface area contributed by atoms with Gasteiger partial charge in [0.05, 0.1) is 47.5 Å². The van der Waals surface area contributed by atoms with Crippen LogP contribution in [-0.4, -0.2) is 52.4 Å². The number of benzene rings is 1. The van der Waals surface area contributed by atoms with Gasteiger partial charge in [-0.25, -0.2) is 8.78 Å². The van der Waals surface area contributed by atoms with E-state index < -0.39 is 24.0 Å². The van der Waals surface area contributed by atoms with Gasteiger partial charge in [0.1, 0.15) is 12.0 Å². The van der Waals surface area contributed by atoms with Crippen LogP contribution in [0.25, 0.3) is 10.9 Å². The summed E-state index contributed by atoms with van der Waals surface area (Å²) < 4.78 is 28.8. The molecule has 1 aliphatic carbocycles. The lowest BCUT2D eigenvalue weighted by Crippen LogP contribution is -2.44. The number of fused-ring (bicyclic) bond motifs is 1. The van der Waals surface area contributed by atoms with E-state index in [1.165, 1.54) is 18.3 Å². The Bertz CT molecular complexity index is 1260. The largest absolute Gasteiger partial charge is 0.390 e. The van der Waals surface area contributed by atoms with Gasteiger partial charge in [-0.15, -0.1) is 0 Å². The van der Waals surface area contributed by atoms with E-state index in [1.54, 1.807) is 23.4 Å². The minimum absolute atomic E-state index is 0.00335. The minimum atomic E-state index is -1.38. The number of nitrogens with zero attached hydrogens (tertiary/aromatic N) is 3. The predicted molar refractivity (Wildman–Crippen MR) is 135 cm³/mol. The second kappa shape index (κ2) is 10.1. The molecule has 3 aromatic rings. The van der Waals surface area contributed by atoms with Gasteiger partial charge in [-0.2, -0.15) is 0 Å². The van der Waals surface area contributed by atoms with Gasteiger partial charge >= 0.3 is 0 Å². The van der Waals surface area contributed by atoms with Crippen LogP contribution in [0.4, 0.5) is 20.2 Å². The highest BCUT2D eigenvalue weighted by Crippen LogP contribution is 2.38. The summed E-state index contributed by atoms with van der Waals surface area (Å²) in [5, 5.41) is 12.8. The molecule has 1 aliphatic heterocycles. The molecule has 0 unspecified atom stereocenters. The number of aliphatic hydroxyl groups is 1. The summed E-state index contributed by atoms with van der Waals surface area (Å²) in [6.07, 6.45) is 5.58. The predicted octanol–water partition coefficient (Wildman–Crippen LogP) is 4.16. The monoisotopic (exact) mass is 495 g/mol. The molecule has 7 nitrogen and oxygen atoms in total. The zero-order chi connectivity index (χ0) is 25.4. The third-order valence-electron chi connectivity index (χ3n) is 7.42. The fourth-order valence-electron chi connectivity index (χ4n) is 5.62. The molecule has 5 rings (SSSR count). The molecule has 190 valence electrons. The SMILES string of the molecule is C[C@@H]1C[C@H](N)C[C@H](c2ccncc2NC(=O)c2ccc(F)c3cc(N4CC[C@@H](O)[C@H](F)C4)cnc23)C1. The summed E-state index contributed by atoms with van der Waals surface area (Å²) >= 11 is 0. The molecule has 0 radical (unpaired) electrons. The summed E-state index contributed by atoms with van der Waals surface area (Å²) in [6, 6.07) is 6.28. The Labute approximate surface area is 208 Å². The van der Waals surface area contributed by atoms with Crippen LogP contribution < -0.4 is 16.0 Å². The number of aliphatic hydroxyl groups excluding tert-OH is 1. The van der Waals surface area contributed by atoms with Gasteiger partial charge in [-0.1, -0.05) is 6.92 Å². The van der Waals surface area contributed by atoms with Crippen LogP contribution >= 0.6 is 0 Å². The standard InChI is InChI=1S/C27H31F2N5O2/c1-15-8-16(10-17(30)9-15)19-4-6-31-13-24(19)33-27(36)20-2-3-22(28)21-11-18(12-32-26(20)21)34-7-5-25(35)23(29)14-34/h2-4,6,11-13,15-17,23,25,35H,5,7-10,14,30H2,1H3,(H,33,36)/t15-,16+,17-,23+,25+/m0/s1. The highest BCUT2D eigenvalue weighted by Gasteiger charge is 2.29. The van der Waals surface area contributed by atoms with Crippen molar-refractivity contribution in [3.63, 3.8) is 0 Å². The van der Waals surface area contributed by atoms with E-state index in [9.17, 15) is 18.7 Å². The molecule has 1 saturated heterocycles. The number of nitrogens with two attached hydrogens (primary N) is 1. The van der Waals surface area contributed by atoms with E-state index in [-0.39, 0.29) is 41.4 Å². The number of piperidine rings is 1. The Morgan fingerprint density at radius 2 is 2.06 bits per heavy atom. The van der Waals surface area contributed by atoms with Crippen LogP contribution in [-0.2, 0) is 0 Å². The van der Waals surface area contributed by atoms with Crippen LogP contribution in [0.3, 0.4) is 0 Å². The topological polar surface area (TPSA) is 104 Å². The summed E-state index contributed by atoms with van der Waals surface area (Å²) in [7, 11) is 0. The van der Waals surface area contributed by atoms with Crippen LogP contribution in [0.2, 0.25) is 0 Å². The van der Waals surface area contributed by atoms with Crippen molar-refractivity contribution in [2.24, 2.45) is 11.7 Å². The molecule has 4 N–H and O–H groups in total. The average molecular weight is 496 g/mol. The molecule has 2 aromatic heterocycles. The summed E-state index contributed by atoms with van der Waals surface area (Å²) in [6.45, 7) is 2.63. The van der Waals surface area contributed by atoms with Crippen molar-refractivity contribution in [1.82, 2.24) is 9.97 Å². The average Bonchev–Trinajstić information content (AvgIpc) is 2.85. The van der Waals surface area contributed by atoms with Gasteiger partial charge in [0.15, 0.2) is 0 Å².